The molecule has 0 radical (unpaired) electrons. The Kier molecular flexibility index (Phi) is 4.07. The summed E-state index contributed by atoms with van der Waals surface area (Å²) in [5.74, 6) is 0.640. The van der Waals surface area contributed by atoms with Crippen molar-refractivity contribution in [1.29, 1.82) is 0 Å². The molecule has 0 aliphatic heterocycles. The highest BCUT2D eigenvalue weighted by molar-refractivity contribution is 5.42. The predicted octanol–water partition coefficient (Wildman–Crippen LogP) is 2.41. The summed E-state index contributed by atoms with van der Waals surface area (Å²) in [5.41, 5.74) is 6.39. The average Bonchev–Trinajstić information content (AvgIpc) is 2.27. The quantitative estimate of drug-likeness (QED) is 0.631. The number of nitro benzene ring substituents is 1. The molecule has 0 heterocycles. The molecule has 0 aromatic heterocycles. The molecule has 1 atom stereocenters. The molecule has 94 valence electrons. The molecule has 17 heavy (non-hydrogen) atoms. The maximum atomic E-state index is 10.6. The van der Waals surface area contributed by atoms with E-state index in [9.17, 15) is 10.1 Å². The highest BCUT2D eigenvalue weighted by Gasteiger charge is 2.17. The Labute approximate surface area is 101 Å². The number of ether oxygens (including phenoxy) is 1. The molecule has 2 N–H and O–H groups in total. The van der Waals surface area contributed by atoms with Crippen molar-refractivity contribution in [2.45, 2.75) is 32.7 Å². The molecular formula is C12H18N2O3. The molecule has 0 fully saturated rings. The van der Waals surface area contributed by atoms with E-state index < -0.39 is 4.92 Å². The van der Waals surface area contributed by atoms with Crippen LogP contribution in [0.15, 0.2) is 18.2 Å². The lowest BCUT2D eigenvalue weighted by molar-refractivity contribution is -0.384. The molecule has 0 aliphatic carbocycles. The number of aryl methyl sites for hydroxylation is 1. The van der Waals surface area contributed by atoms with Crippen molar-refractivity contribution in [3.63, 3.8) is 0 Å². The van der Waals surface area contributed by atoms with Crippen molar-refractivity contribution in [2.24, 2.45) is 5.73 Å². The van der Waals surface area contributed by atoms with Crippen molar-refractivity contribution < 1.29 is 9.66 Å². The highest BCUT2D eigenvalue weighted by Crippen LogP contribution is 2.24. The van der Waals surface area contributed by atoms with E-state index in [4.69, 9.17) is 10.5 Å². The van der Waals surface area contributed by atoms with Crippen LogP contribution < -0.4 is 10.5 Å². The van der Waals surface area contributed by atoms with Crippen LogP contribution in [0.5, 0.6) is 5.75 Å². The van der Waals surface area contributed by atoms with Gasteiger partial charge in [0, 0.05) is 17.7 Å². The zero-order chi connectivity index (χ0) is 13.1. The Morgan fingerprint density at radius 3 is 2.65 bits per heavy atom. The number of hydrogen-bond donors (Lipinski definition) is 1. The van der Waals surface area contributed by atoms with Gasteiger partial charge in [0.15, 0.2) is 0 Å². The molecule has 5 heteroatoms. The Hall–Kier alpha value is -1.62. The molecular weight excluding hydrogens is 220 g/mol. The number of nitrogens with zero attached hydrogens (tertiary/aromatic N) is 1. The van der Waals surface area contributed by atoms with Gasteiger partial charge in [-0.15, -0.1) is 0 Å². The molecule has 0 bridgehead atoms. The number of benzene rings is 1. The second kappa shape index (κ2) is 5.14. The average molecular weight is 238 g/mol. The molecule has 0 saturated heterocycles. The largest absolute Gasteiger partial charge is 0.491 e. The number of hydrogen-bond acceptors (Lipinski definition) is 4. The van der Waals surface area contributed by atoms with Crippen LogP contribution in [0.3, 0.4) is 0 Å². The molecule has 0 aliphatic rings. The third kappa shape index (κ3) is 3.71. The van der Waals surface area contributed by atoms with Crippen LogP contribution in [-0.2, 0) is 0 Å². The van der Waals surface area contributed by atoms with Crippen molar-refractivity contribution in [3.05, 3.63) is 33.9 Å². The second-order valence-electron chi connectivity index (χ2n) is 4.50. The SMILES string of the molecule is CCC(C)(N)COc1ccc([N+](=O)[O-])cc1C. The van der Waals surface area contributed by atoms with Crippen LogP contribution in [0.1, 0.15) is 25.8 Å². The van der Waals surface area contributed by atoms with Gasteiger partial charge in [0.25, 0.3) is 5.69 Å². The van der Waals surface area contributed by atoms with Gasteiger partial charge < -0.3 is 10.5 Å². The van der Waals surface area contributed by atoms with Gasteiger partial charge in [-0.1, -0.05) is 6.92 Å². The lowest BCUT2D eigenvalue weighted by Gasteiger charge is -2.23. The summed E-state index contributed by atoms with van der Waals surface area (Å²) in [4.78, 5) is 10.2. The lowest BCUT2D eigenvalue weighted by Crippen LogP contribution is -2.41. The monoisotopic (exact) mass is 238 g/mol. The van der Waals surface area contributed by atoms with E-state index in [0.29, 0.717) is 12.4 Å². The van der Waals surface area contributed by atoms with Gasteiger partial charge in [-0.25, -0.2) is 0 Å². The van der Waals surface area contributed by atoms with Crippen LogP contribution in [0, 0.1) is 17.0 Å². The third-order valence-electron chi connectivity index (χ3n) is 2.73. The van der Waals surface area contributed by atoms with E-state index in [2.05, 4.69) is 0 Å². The Morgan fingerprint density at radius 1 is 1.53 bits per heavy atom. The fourth-order valence-electron chi connectivity index (χ4n) is 1.25. The van der Waals surface area contributed by atoms with Gasteiger partial charge in [0.1, 0.15) is 12.4 Å². The predicted molar refractivity (Wildman–Crippen MR) is 66.2 cm³/mol. The van der Waals surface area contributed by atoms with Crippen molar-refractivity contribution in [1.82, 2.24) is 0 Å². The first-order valence-corrected chi connectivity index (χ1v) is 5.52. The van der Waals surface area contributed by atoms with Gasteiger partial charge in [-0.2, -0.15) is 0 Å². The van der Waals surface area contributed by atoms with Crippen LogP contribution in [0.4, 0.5) is 5.69 Å². The van der Waals surface area contributed by atoms with Gasteiger partial charge in [-0.05, 0) is 31.9 Å². The van der Waals surface area contributed by atoms with E-state index >= 15 is 0 Å². The molecule has 0 amide bonds. The number of nitrogens with two attached hydrogens (primary N) is 1. The number of non-ortho nitro benzene ring substituents is 1. The minimum Gasteiger partial charge on any atom is -0.491 e. The summed E-state index contributed by atoms with van der Waals surface area (Å²) < 4.78 is 5.58. The standard InChI is InChI=1S/C12H18N2O3/c1-4-12(3,13)8-17-11-6-5-10(14(15)16)7-9(11)2/h5-7H,4,8,13H2,1-3H3. The van der Waals surface area contributed by atoms with Gasteiger partial charge in [0.05, 0.1) is 4.92 Å². The van der Waals surface area contributed by atoms with Crippen molar-refractivity contribution >= 4 is 5.69 Å². The van der Waals surface area contributed by atoms with E-state index in [1.165, 1.54) is 12.1 Å². The Bertz CT molecular complexity index is 416. The topological polar surface area (TPSA) is 78.4 Å². The summed E-state index contributed by atoms with van der Waals surface area (Å²) in [7, 11) is 0. The normalized spacial score (nSPS) is 14.1. The van der Waals surface area contributed by atoms with Crippen LogP contribution in [0.2, 0.25) is 0 Å². The van der Waals surface area contributed by atoms with Crippen LogP contribution >= 0.6 is 0 Å². The second-order valence-corrected chi connectivity index (χ2v) is 4.50. The Balaban J connectivity index is 2.77. The zero-order valence-corrected chi connectivity index (χ0v) is 10.4. The first-order chi connectivity index (χ1) is 7.85. The summed E-state index contributed by atoms with van der Waals surface area (Å²) in [5, 5.41) is 10.6. The fourth-order valence-corrected chi connectivity index (χ4v) is 1.25. The molecule has 0 saturated carbocycles. The molecule has 1 aromatic carbocycles. The summed E-state index contributed by atoms with van der Waals surface area (Å²) in [6, 6.07) is 4.54. The maximum absolute atomic E-state index is 10.6. The van der Waals surface area contributed by atoms with Crippen molar-refractivity contribution in [3.8, 4) is 5.75 Å². The summed E-state index contributed by atoms with van der Waals surface area (Å²) in [6.07, 6.45) is 0.805. The first-order valence-electron chi connectivity index (χ1n) is 5.52. The maximum Gasteiger partial charge on any atom is 0.269 e. The van der Waals surface area contributed by atoms with Gasteiger partial charge >= 0.3 is 0 Å². The zero-order valence-electron chi connectivity index (χ0n) is 10.4. The van der Waals surface area contributed by atoms with E-state index in [-0.39, 0.29) is 11.2 Å². The highest BCUT2D eigenvalue weighted by atomic mass is 16.6. The lowest BCUT2D eigenvalue weighted by atomic mass is 10.0. The molecule has 0 spiro atoms. The summed E-state index contributed by atoms with van der Waals surface area (Å²) >= 11 is 0. The van der Waals surface area contributed by atoms with E-state index in [1.54, 1.807) is 13.0 Å². The fraction of sp³-hybridized carbons (Fsp3) is 0.500. The molecule has 1 unspecified atom stereocenters. The summed E-state index contributed by atoms with van der Waals surface area (Å²) in [6.45, 7) is 6.07. The van der Waals surface area contributed by atoms with Gasteiger partial charge in [0.2, 0.25) is 0 Å². The van der Waals surface area contributed by atoms with E-state index in [0.717, 1.165) is 12.0 Å². The smallest absolute Gasteiger partial charge is 0.269 e. The minimum absolute atomic E-state index is 0.0702. The first kappa shape index (κ1) is 13.4. The minimum atomic E-state index is -0.421. The number of nitro groups is 1. The number of rotatable bonds is 5. The van der Waals surface area contributed by atoms with Gasteiger partial charge in [-0.3, -0.25) is 10.1 Å². The third-order valence-corrected chi connectivity index (χ3v) is 2.73. The molecule has 1 aromatic rings. The van der Waals surface area contributed by atoms with Crippen molar-refractivity contribution in [2.75, 3.05) is 6.61 Å². The van der Waals surface area contributed by atoms with Crippen LogP contribution in [0.25, 0.3) is 0 Å². The van der Waals surface area contributed by atoms with Crippen LogP contribution in [-0.4, -0.2) is 17.1 Å². The Morgan fingerprint density at radius 2 is 2.18 bits per heavy atom. The molecule has 1 rings (SSSR count). The van der Waals surface area contributed by atoms with E-state index in [1.807, 2.05) is 13.8 Å². The molecule has 5 nitrogen and oxygen atoms in total.